The summed E-state index contributed by atoms with van der Waals surface area (Å²) >= 11 is 2.91. The summed E-state index contributed by atoms with van der Waals surface area (Å²) in [5.41, 5.74) is -0.321. The second-order valence-electron chi connectivity index (χ2n) is 1.91. The molecule has 0 atom stereocenters. The van der Waals surface area contributed by atoms with Crippen LogP contribution in [0.5, 0.6) is 0 Å². The fourth-order valence-electron chi connectivity index (χ4n) is 0.445. The maximum atomic E-state index is 12.9. The van der Waals surface area contributed by atoms with Gasteiger partial charge in [0.05, 0.1) is 12.7 Å². The van der Waals surface area contributed by atoms with Crippen LogP contribution in [-0.4, -0.2) is 13.1 Å². The van der Waals surface area contributed by atoms with Gasteiger partial charge in [-0.25, -0.2) is 9.18 Å². The van der Waals surface area contributed by atoms with Gasteiger partial charge in [0.25, 0.3) is 0 Å². The van der Waals surface area contributed by atoms with Crippen LogP contribution >= 0.6 is 15.9 Å². The first-order valence-corrected chi connectivity index (χ1v) is 3.77. The zero-order chi connectivity index (χ0) is 9.72. The molecule has 0 radical (unpaired) electrons. The minimum atomic E-state index is -0.794. The van der Waals surface area contributed by atoms with Crippen LogP contribution in [0.2, 0.25) is 0 Å². The van der Waals surface area contributed by atoms with Crippen molar-refractivity contribution >= 4 is 21.9 Å². The van der Waals surface area contributed by atoms with Crippen molar-refractivity contribution in [3.05, 3.63) is 35.1 Å². The molecule has 4 heteroatoms. The van der Waals surface area contributed by atoms with Gasteiger partial charge < -0.3 is 4.74 Å². The second kappa shape index (κ2) is 4.87. The Morgan fingerprint density at radius 2 is 2.08 bits per heavy atom. The number of esters is 1. The number of carbonyl (C=O) groups excluding carboxylic acids is 1. The molecule has 0 amide bonds. The van der Waals surface area contributed by atoms with Crippen molar-refractivity contribution < 1.29 is 13.9 Å². The first kappa shape index (κ1) is 11.1. The number of allylic oxidation sites excluding steroid dienone is 2. The van der Waals surface area contributed by atoms with Gasteiger partial charge >= 0.3 is 5.97 Å². The third-order valence-electron chi connectivity index (χ3n) is 1.00. The fourth-order valence-corrected chi connectivity index (χ4v) is 0.646. The molecule has 12 heavy (non-hydrogen) atoms. The van der Waals surface area contributed by atoms with E-state index in [1.165, 1.54) is 0 Å². The zero-order valence-corrected chi connectivity index (χ0v) is 8.15. The molecule has 0 N–H and O–H groups in total. The summed E-state index contributed by atoms with van der Waals surface area (Å²) < 4.78 is 17.4. The van der Waals surface area contributed by atoms with E-state index in [0.29, 0.717) is 4.48 Å². The number of methoxy groups -OCH3 is 1. The first-order chi connectivity index (χ1) is 5.49. The van der Waals surface area contributed by atoms with Crippen LogP contribution in [0.15, 0.2) is 35.1 Å². The second-order valence-corrected chi connectivity index (χ2v) is 2.93. The Kier molecular flexibility index (Phi) is 4.51. The van der Waals surface area contributed by atoms with Crippen LogP contribution in [0, 0.1) is 0 Å². The molecule has 0 bridgehead atoms. The average molecular weight is 235 g/mol. The lowest BCUT2D eigenvalue weighted by atomic mass is 10.2. The summed E-state index contributed by atoms with van der Waals surface area (Å²) in [5, 5.41) is 0. The van der Waals surface area contributed by atoms with Gasteiger partial charge in [0.15, 0.2) is 0 Å². The molecule has 0 fully saturated rings. The molecular weight excluding hydrogens is 227 g/mol. The largest absolute Gasteiger partial charge is 0.465 e. The Hall–Kier alpha value is -0.900. The topological polar surface area (TPSA) is 26.3 Å². The third-order valence-corrected chi connectivity index (χ3v) is 1.23. The van der Waals surface area contributed by atoms with Crippen molar-refractivity contribution in [1.29, 1.82) is 0 Å². The van der Waals surface area contributed by atoms with Crippen LogP contribution in [0.25, 0.3) is 0 Å². The van der Waals surface area contributed by atoms with Gasteiger partial charge in [-0.05, 0) is 6.08 Å². The Balaban J connectivity index is 4.50. The molecule has 2 nitrogen and oxygen atoms in total. The molecule has 0 aromatic heterocycles. The summed E-state index contributed by atoms with van der Waals surface area (Å²) in [6.45, 7) is 6.57. The Labute approximate surface area is 78.5 Å². The molecule has 66 valence electrons. The molecule has 0 aliphatic carbocycles. The van der Waals surface area contributed by atoms with E-state index in [1.54, 1.807) is 0 Å². The molecule has 0 rings (SSSR count). The van der Waals surface area contributed by atoms with Gasteiger partial charge in [0.2, 0.25) is 0 Å². The standard InChI is InChI=1S/C8H8BrFO2/c1-5(9)4-7(10)6(2)8(11)12-3/h4H,1-2H2,3H3/b7-4+. The van der Waals surface area contributed by atoms with Gasteiger partial charge in [0, 0.05) is 4.48 Å². The Bertz CT molecular complexity index is 256. The fraction of sp³-hybridized carbons (Fsp3) is 0.125. The van der Waals surface area contributed by atoms with Crippen molar-refractivity contribution in [1.82, 2.24) is 0 Å². The zero-order valence-electron chi connectivity index (χ0n) is 6.56. The number of carbonyl (C=O) groups is 1. The number of halogens is 2. The van der Waals surface area contributed by atoms with Gasteiger partial charge in [-0.15, -0.1) is 0 Å². The average Bonchev–Trinajstić information content (AvgIpc) is 2.00. The highest BCUT2D eigenvalue weighted by atomic mass is 79.9. The van der Waals surface area contributed by atoms with E-state index in [0.717, 1.165) is 13.2 Å². The summed E-state index contributed by atoms with van der Waals surface area (Å²) in [4.78, 5) is 10.7. The van der Waals surface area contributed by atoms with E-state index >= 15 is 0 Å². The predicted octanol–water partition coefficient (Wildman–Crippen LogP) is 2.48. The van der Waals surface area contributed by atoms with Crippen LogP contribution in [0.4, 0.5) is 4.39 Å². The number of rotatable bonds is 3. The Morgan fingerprint density at radius 3 is 2.42 bits per heavy atom. The minimum Gasteiger partial charge on any atom is -0.465 e. The number of hydrogen-bond donors (Lipinski definition) is 0. The van der Waals surface area contributed by atoms with E-state index in [4.69, 9.17) is 0 Å². The van der Waals surface area contributed by atoms with E-state index in [1.807, 2.05) is 0 Å². The van der Waals surface area contributed by atoms with Gasteiger partial charge in [-0.3, -0.25) is 0 Å². The molecule has 0 unspecified atom stereocenters. The summed E-state index contributed by atoms with van der Waals surface area (Å²) in [6, 6.07) is 0. The summed E-state index contributed by atoms with van der Waals surface area (Å²) in [7, 11) is 1.16. The minimum absolute atomic E-state index is 0.321. The van der Waals surface area contributed by atoms with Gasteiger partial charge in [0.1, 0.15) is 5.83 Å². The predicted molar refractivity (Wildman–Crippen MR) is 48.4 cm³/mol. The normalized spacial score (nSPS) is 10.8. The van der Waals surface area contributed by atoms with Gasteiger partial charge in [-0.2, -0.15) is 0 Å². The lowest BCUT2D eigenvalue weighted by Crippen LogP contribution is -2.03. The van der Waals surface area contributed by atoms with Crippen LogP contribution in [0.3, 0.4) is 0 Å². The van der Waals surface area contributed by atoms with Crippen LogP contribution < -0.4 is 0 Å². The SMILES string of the molecule is C=C(Br)/C=C(/F)C(=C)C(=O)OC. The highest BCUT2D eigenvalue weighted by Gasteiger charge is 2.11. The molecule has 0 aromatic rings. The quantitative estimate of drug-likeness (QED) is 0.426. The Morgan fingerprint density at radius 1 is 1.58 bits per heavy atom. The maximum Gasteiger partial charge on any atom is 0.340 e. The van der Waals surface area contributed by atoms with Crippen LogP contribution in [0.1, 0.15) is 0 Å². The molecule has 0 aromatic carbocycles. The molecule has 0 aliphatic heterocycles. The molecular formula is C8H8BrFO2. The lowest BCUT2D eigenvalue weighted by molar-refractivity contribution is -0.135. The van der Waals surface area contributed by atoms with Crippen molar-refractivity contribution in [2.24, 2.45) is 0 Å². The number of ether oxygens (including phenoxy) is 1. The van der Waals surface area contributed by atoms with Crippen molar-refractivity contribution in [2.75, 3.05) is 7.11 Å². The molecule has 0 heterocycles. The lowest BCUT2D eigenvalue weighted by Gasteiger charge is -1.99. The summed E-state index contributed by atoms with van der Waals surface area (Å²) in [6.07, 6.45) is 1.04. The third kappa shape index (κ3) is 3.48. The van der Waals surface area contributed by atoms with Gasteiger partial charge in [-0.1, -0.05) is 29.1 Å². The van der Waals surface area contributed by atoms with Crippen molar-refractivity contribution in [3.8, 4) is 0 Å². The summed E-state index contributed by atoms with van der Waals surface area (Å²) in [5.74, 6) is -1.55. The van der Waals surface area contributed by atoms with Crippen LogP contribution in [-0.2, 0) is 9.53 Å². The number of hydrogen-bond acceptors (Lipinski definition) is 2. The molecule has 0 saturated carbocycles. The van der Waals surface area contributed by atoms with Crippen molar-refractivity contribution in [2.45, 2.75) is 0 Å². The highest BCUT2D eigenvalue weighted by molar-refractivity contribution is 9.11. The maximum absolute atomic E-state index is 12.9. The monoisotopic (exact) mass is 234 g/mol. The van der Waals surface area contributed by atoms with E-state index < -0.39 is 11.8 Å². The van der Waals surface area contributed by atoms with Crippen molar-refractivity contribution in [3.63, 3.8) is 0 Å². The highest BCUT2D eigenvalue weighted by Crippen LogP contribution is 2.15. The molecule has 0 spiro atoms. The molecule has 0 aliphatic rings. The first-order valence-electron chi connectivity index (χ1n) is 2.98. The van der Waals surface area contributed by atoms with E-state index in [-0.39, 0.29) is 5.57 Å². The van der Waals surface area contributed by atoms with E-state index in [2.05, 4.69) is 33.8 Å². The molecule has 0 saturated heterocycles. The smallest absolute Gasteiger partial charge is 0.340 e. The van der Waals surface area contributed by atoms with E-state index in [9.17, 15) is 9.18 Å².